The molecule has 9 heteroatoms. The van der Waals surface area contributed by atoms with Crippen molar-refractivity contribution in [3.63, 3.8) is 0 Å². The first kappa shape index (κ1) is 25.6. The lowest BCUT2D eigenvalue weighted by Crippen LogP contribution is -2.57. The monoisotopic (exact) mass is 486 g/mol. The second-order valence-electron chi connectivity index (χ2n) is 8.03. The Morgan fingerprint density at radius 1 is 1.06 bits per heavy atom. The Morgan fingerprint density at radius 2 is 1.68 bits per heavy atom. The minimum absolute atomic E-state index is 0.00334. The summed E-state index contributed by atoms with van der Waals surface area (Å²) in [6.07, 6.45) is -0.307. The summed E-state index contributed by atoms with van der Waals surface area (Å²) in [4.78, 5) is 35.9. The Balaban J connectivity index is 1.40. The summed E-state index contributed by atoms with van der Waals surface area (Å²) in [5.41, 5.74) is 3.20. The molecule has 34 heavy (non-hydrogen) atoms. The molecule has 0 radical (unpaired) electrons. The number of rotatable bonds is 12. The van der Waals surface area contributed by atoms with Gasteiger partial charge in [0.05, 0.1) is 12.4 Å². The van der Waals surface area contributed by atoms with E-state index < -0.39 is 23.5 Å². The zero-order valence-corrected chi connectivity index (χ0v) is 20.2. The molecule has 182 valence electrons. The number of methoxy groups -OCH3 is 1. The third-order valence-electron chi connectivity index (χ3n) is 5.87. The molecule has 0 bridgehead atoms. The fourth-order valence-corrected chi connectivity index (χ4v) is 4.73. The Labute approximate surface area is 203 Å². The second kappa shape index (κ2) is 11.9. The molecule has 1 unspecified atom stereocenters. The molecule has 3 rings (SSSR count). The molecule has 0 spiro atoms. The van der Waals surface area contributed by atoms with Crippen molar-refractivity contribution >= 4 is 29.7 Å². The summed E-state index contributed by atoms with van der Waals surface area (Å²) in [5.74, 6) is -0.977. The summed E-state index contributed by atoms with van der Waals surface area (Å²) in [6.45, 7) is 2.13. The van der Waals surface area contributed by atoms with Crippen molar-refractivity contribution in [3.8, 4) is 11.1 Å². The van der Waals surface area contributed by atoms with E-state index in [9.17, 15) is 19.5 Å². The smallest absolute Gasteiger partial charge is 0.407 e. The summed E-state index contributed by atoms with van der Waals surface area (Å²) in [7, 11) is 1.39. The van der Waals surface area contributed by atoms with Gasteiger partial charge in [-0.05, 0) is 28.7 Å². The van der Waals surface area contributed by atoms with Crippen LogP contribution in [-0.4, -0.2) is 67.0 Å². The van der Waals surface area contributed by atoms with Gasteiger partial charge in [0, 0.05) is 25.3 Å². The molecule has 2 amide bonds. The van der Waals surface area contributed by atoms with Crippen LogP contribution < -0.4 is 10.6 Å². The number of carbonyl (C=O) groups is 3. The molecule has 1 aliphatic carbocycles. The molecule has 0 aromatic heterocycles. The molecule has 3 N–H and O–H groups in total. The highest BCUT2D eigenvalue weighted by Gasteiger charge is 2.38. The van der Waals surface area contributed by atoms with Crippen LogP contribution in [0.5, 0.6) is 0 Å². The number of alkyl carbamates (subject to hydrolysis) is 1. The van der Waals surface area contributed by atoms with Gasteiger partial charge in [-0.1, -0.05) is 55.5 Å². The molecule has 0 saturated heterocycles. The average Bonchev–Trinajstić information content (AvgIpc) is 3.15. The van der Waals surface area contributed by atoms with Crippen LogP contribution in [0.2, 0.25) is 0 Å². The number of hydrogen-bond acceptors (Lipinski definition) is 6. The lowest BCUT2D eigenvalue weighted by molar-refractivity contribution is -0.150. The molecule has 2 aromatic rings. The van der Waals surface area contributed by atoms with Crippen LogP contribution in [0.25, 0.3) is 11.1 Å². The Hall–Kier alpha value is -3.04. The summed E-state index contributed by atoms with van der Waals surface area (Å²) < 4.78 is 10.4. The number of hydrogen-bond donors (Lipinski definition) is 3. The Kier molecular flexibility index (Phi) is 8.95. The maximum Gasteiger partial charge on any atom is 0.407 e. The van der Waals surface area contributed by atoms with E-state index in [2.05, 4.69) is 34.9 Å². The van der Waals surface area contributed by atoms with E-state index in [4.69, 9.17) is 9.47 Å². The van der Waals surface area contributed by atoms with Gasteiger partial charge < -0.3 is 25.2 Å². The number of benzene rings is 2. The van der Waals surface area contributed by atoms with Crippen molar-refractivity contribution in [1.82, 2.24) is 10.6 Å². The van der Waals surface area contributed by atoms with Crippen molar-refractivity contribution in [3.05, 3.63) is 59.7 Å². The summed E-state index contributed by atoms with van der Waals surface area (Å²) >= 11 is 1.29. The lowest BCUT2D eigenvalue weighted by Gasteiger charge is -2.28. The van der Waals surface area contributed by atoms with Crippen LogP contribution in [0.4, 0.5) is 4.79 Å². The van der Waals surface area contributed by atoms with Gasteiger partial charge in [-0.15, -0.1) is 0 Å². The SMILES string of the molecule is CCC(COC)(NC(=O)CSCCNC(=O)OCC1c2ccccc2-c2ccccc21)C(=O)O. The highest BCUT2D eigenvalue weighted by Crippen LogP contribution is 2.44. The number of fused-ring (bicyclic) bond motifs is 3. The maximum absolute atomic E-state index is 12.2. The van der Waals surface area contributed by atoms with E-state index in [1.54, 1.807) is 6.92 Å². The minimum Gasteiger partial charge on any atom is -0.479 e. The summed E-state index contributed by atoms with van der Waals surface area (Å²) in [5, 5.41) is 14.7. The third-order valence-corrected chi connectivity index (χ3v) is 6.83. The number of carboxylic acid groups (broad SMARTS) is 1. The fourth-order valence-electron chi connectivity index (χ4n) is 4.08. The minimum atomic E-state index is -1.44. The van der Waals surface area contributed by atoms with Crippen molar-refractivity contribution in [2.45, 2.75) is 24.8 Å². The van der Waals surface area contributed by atoms with Crippen LogP contribution in [0.1, 0.15) is 30.4 Å². The van der Waals surface area contributed by atoms with E-state index in [0.29, 0.717) is 12.3 Å². The van der Waals surface area contributed by atoms with Gasteiger partial charge >= 0.3 is 12.1 Å². The molecule has 0 saturated carbocycles. The lowest BCUT2D eigenvalue weighted by atomic mass is 9.97. The molecule has 0 fully saturated rings. The summed E-state index contributed by atoms with van der Waals surface area (Å²) in [6, 6.07) is 16.3. The average molecular weight is 487 g/mol. The predicted octanol–water partition coefficient (Wildman–Crippen LogP) is 3.25. The zero-order chi connectivity index (χ0) is 24.6. The van der Waals surface area contributed by atoms with Gasteiger partial charge in [0.1, 0.15) is 6.61 Å². The number of carbonyl (C=O) groups excluding carboxylic acids is 2. The normalized spacial score (nSPS) is 13.9. The quantitative estimate of drug-likeness (QED) is 0.395. The van der Waals surface area contributed by atoms with E-state index >= 15 is 0 Å². The van der Waals surface area contributed by atoms with Crippen LogP contribution in [0.15, 0.2) is 48.5 Å². The van der Waals surface area contributed by atoms with Gasteiger partial charge in [-0.2, -0.15) is 11.8 Å². The number of ether oxygens (including phenoxy) is 2. The highest BCUT2D eigenvalue weighted by molar-refractivity contribution is 7.99. The van der Waals surface area contributed by atoms with E-state index in [0.717, 1.165) is 11.1 Å². The molecule has 0 heterocycles. The van der Waals surface area contributed by atoms with Gasteiger partial charge in [-0.25, -0.2) is 9.59 Å². The number of nitrogens with one attached hydrogen (secondary N) is 2. The first-order chi connectivity index (χ1) is 16.4. The second-order valence-corrected chi connectivity index (χ2v) is 9.13. The van der Waals surface area contributed by atoms with E-state index in [1.807, 2.05) is 24.3 Å². The topological polar surface area (TPSA) is 114 Å². The van der Waals surface area contributed by atoms with Crippen LogP contribution >= 0.6 is 11.8 Å². The van der Waals surface area contributed by atoms with Gasteiger partial charge in [0.2, 0.25) is 5.91 Å². The number of carboxylic acids is 1. The first-order valence-corrected chi connectivity index (χ1v) is 12.3. The zero-order valence-electron chi connectivity index (χ0n) is 19.3. The standard InChI is InChI=1S/C25H30N2O6S/c1-3-25(16-32-2,23(29)30)27-22(28)15-34-13-12-26-24(31)33-14-21-19-10-6-4-8-17(19)18-9-5-7-11-20(18)21/h4-11,21H,3,12-16H2,1-2H3,(H,26,31)(H,27,28)(H,29,30). The molecular formula is C25H30N2O6S. The van der Waals surface area contributed by atoms with Crippen molar-refractivity contribution in [2.75, 3.05) is 38.4 Å². The Bertz CT molecular complexity index is 984. The number of aliphatic carboxylic acids is 1. The number of thioether (sulfide) groups is 1. The number of amides is 2. The van der Waals surface area contributed by atoms with Crippen molar-refractivity contribution in [2.24, 2.45) is 0 Å². The molecule has 2 aromatic carbocycles. The highest BCUT2D eigenvalue weighted by atomic mass is 32.2. The maximum atomic E-state index is 12.2. The fraction of sp³-hybridized carbons (Fsp3) is 0.400. The molecular weight excluding hydrogens is 456 g/mol. The predicted molar refractivity (Wildman–Crippen MR) is 131 cm³/mol. The van der Waals surface area contributed by atoms with Crippen molar-refractivity contribution < 1.29 is 29.0 Å². The van der Waals surface area contributed by atoms with Crippen LogP contribution in [0.3, 0.4) is 0 Å². The van der Waals surface area contributed by atoms with Gasteiger partial charge in [-0.3, -0.25) is 4.79 Å². The molecule has 1 aliphatic rings. The Morgan fingerprint density at radius 3 is 2.24 bits per heavy atom. The largest absolute Gasteiger partial charge is 0.479 e. The van der Waals surface area contributed by atoms with E-state index in [1.165, 1.54) is 30.0 Å². The molecule has 8 nitrogen and oxygen atoms in total. The van der Waals surface area contributed by atoms with Gasteiger partial charge in [0.15, 0.2) is 5.54 Å². The third kappa shape index (κ3) is 5.90. The van der Waals surface area contributed by atoms with Gasteiger partial charge in [0.25, 0.3) is 0 Å². The van der Waals surface area contributed by atoms with E-state index in [-0.39, 0.29) is 31.3 Å². The molecule has 1 atom stereocenters. The first-order valence-electron chi connectivity index (χ1n) is 11.1. The van der Waals surface area contributed by atoms with Crippen LogP contribution in [-0.2, 0) is 19.1 Å². The van der Waals surface area contributed by atoms with Crippen LogP contribution in [0, 0.1) is 0 Å². The molecule has 0 aliphatic heterocycles. The van der Waals surface area contributed by atoms with Crippen molar-refractivity contribution in [1.29, 1.82) is 0 Å².